The van der Waals surface area contributed by atoms with E-state index >= 15 is 0 Å². The standard InChI is InChI=1S/2C16H26.C15H24/c1-12-10-14(16(5,6)7)9-8-13(12)11-15(2,3)4;1-12-10-13(11-15(2,3)4)8-9-14(12)16(5,6)7;1-11-10-12(14(2,3)4)8-9-13(11)15(5,6)7/h2*8-10H,11H2,1-7H3;8-10H,1-7H3. The molecule has 0 unspecified atom stereocenters. The minimum atomic E-state index is 0.250. The third-order valence-corrected chi connectivity index (χ3v) is 8.66. The van der Waals surface area contributed by atoms with Crippen LogP contribution in [-0.4, -0.2) is 0 Å². The Morgan fingerprint density at radius 1 is 0.362 bits per heavy atom. The zero-order valence-electron chi connectivity index (χ0n) is 35.1. The van der Waals surface area contributed by atoms with Crippen molar-refractivity contribution in [2.75, 3.05) is 0 Å². The summed E-state index contributed by atoms with van der Waals surface area (Å²) in [6, 6.07) is 20.8. The van der Waals surface area contributed by atoms with E-state index in [9.17, 15) is 0 Å². The Bertz CT molecular complexity index is 1420. The van der Waals surface area contributed by atoms with Crippen LogP contribution in [0.3, 0.4) is 0 Å². The fourth-order valence-electron chi connectivity index (χ4n) is 6.19. The summed E-state index contributed by atoms with van der Waals surface area (Å²) in [5.74, 6) is 0. The van der Waals surface area contributed by atoms with Gasteiger partial charge < -0.3 is 0 Å². The van der Waals surface area contributed by atoms with Crippen molar-refractivity contribution in [1.29, 1.82) is 0 Å². The van der Waals surface area contributed by atoms with Crippen molar-refractivity contribution in [2.45, 2.75) is 180 Å². The van der Waals surface area contributed by atoms with E-state index in [1.165, 1.54) is 50.1 Å². The third-order valence-electron chi connectivity index (χ3n) is 8.66. The minimum absolute atomic E-state index is 0.250. The van der Waals surface area contributed by atoms with Crippen LogP contribution in [0.2, 0.25) is 0 Å². The fraction of sp³-hybridized carbons (Fsp3) is 0.617. The molecule has 264 valence electrons. The fourth-order valence-corrected chi connectivity index (χ4v) is 6.19. The van der Waals surface area contributed by atoms with Crippen LogP contribution in [0.5, 0.6) is 0 Å². The predicted octanol–water partition coefficient (Wildman–Crippen LogP) is 14.4. The highest BCUT2D eigenvalue weighted by Gasteiger charge is 2.21. The van der Waals surface area contributed by atoms with Gasteiger partial charge in [0.2, 0.25) is 0 Å². The molecular formula is C47H76. The largest absolute Gasteiger partial charge is 0.0599 e. The van der Waals surface area contributed by atoms with Gasteiger partial charge in [-0.3, -0.25) is 0 Å². The third kappa shape index (κ3) is 15.2. The van der Waals surface area contributed by atoms with E-state index in [2.05, 4.69) is 200 Å². The number of hydrogen-bond acceptors (Lipinski definition) is 0. The molecule has 3 rings (SSSR count). The van der Waals surface area contributed by atoms with Crippen molar-refractivity contribution in [3.05, 3.63) is 105 Å². The van der Waals surface area contributed by atoms with Gasteiger partial charge in [0, 0.05) is 0 Å². The summed E-state index contributed by atoms with van der Waals surface area (Å²) in [5.41, 5.74) is 14.7. The molecule has 0 fully saturated rings. The van der Waals surface area contributed by atoms with Gasteiger partial charge in [0.05, 0.1) is 0 Å². The Labute approximate surface area is 294 Å². The second-order valence-electron chi connectivity index (χ2n) is 20.8. The van der Waals surface area contributed by atoms with E-state index < -0.39 is 0 Å². The Balaban J connectivity index is 0.000000353. The van der Waals surface area contributed by atoms with Crippen molar-refractivity contribution < 1.29 is 0 Å². The van der Waals surface area contributed by atoms with E-state index in [1.54, 1.807) is 0 Å². The molecule has 0 heteroatoms. The lowest BCUT2D eigenvalue weighted by molar-refractivity contribution is 0.410. The summed E-state index contributed by atoms with van der Waals surface area (Å²) in [7, 11) is 0. The molecule has 0 saturated heterocycles. The van der Waals surface area contributed by atoms with Gasteiger partial charge in [0.25, 0.3) is 0 Å². The zero-order chi connectivity index (χ0) is 37.0. The van der Waals surface area contributed by atoms with Crippen molar-refractivity contribution in [1.82, 2.24) is 0 Å². The monoisotopic (exact) mass is 641 g/mol. The van der Waals surface area contributed by atoms with Crippen LogP contribution in [0.25, 0.3) is 0 Å². The molecule has 0 amide bonds. The molecule has 0 heterocycles. The summed E-state index contributed by atoms with van der Waals surface area (Å²) in [4.78, 5) is 0. The molecule has 0 nitrogen and oxygen atoms in total. The first kappa shape index (κ1) is 42.7. The summed E-state index contributed by atoms with van der Waals surface area (Å²) in [6.07, 6.45) is 2.31. The maximum atomic E-state index is 2.35. The quantitative estimate of drug-likeness (QED) is 0.261. The molecule has 0 aromatic heterocycles. The Hall–Kier alpha value is -2.34. The molecule has 0 saturated carbocycles. The van der Waals surface area contributed by atoms with Crippen LogP contribution in [0.15, 0.2) is 54.6 Å². The molecule has 47 heavy (non-hydrogen) atoms. The molecule has 0 spiro atoms. The van der Waals surface area contributed by atoms with Crippen LogP contribution in [0, 0.1) is 31.6 Å². The average Bonchev–Trinajstić information content (AvgIpc) is 2.81. The number of benzene rings is 3. The lowest BCUT2D eigenvalue weighted by atomic mass is 9.80. The summed E-state index contributed by atoms with van der Waals surface area (Å²) >= 11 is 0. The van der Waals surface area contributed by atoms with E-state index in [4.69, 9.17) is 0 Å². The van der Waals surface area contributed by atoms with Crippen molar-refractivity contribution >= 4 is 0 Å². The number of aryl methyl sites for hydroxylation is 3. The maximum Gasteiger partial charge on any atom is -0.0129 e. The van der Waals surface area contributed by atoms with Gasteiger partial charge >= 0.3 is 0 Å². The normalized spacial score (nSPS) is 13.0. The van der Waals surface area contributed by atoms with Crippen LogP contribution < -0.4 is 0 Å². The molecule has 0 N–H and O–H groups in total. The molecule has 0 aliphatic heterocycles. The second-order valence-corrected chi connectivity index (χ2v) is 20.8. The lowest BCUT2D eigenvalue weighted by Gasteiger charge is -2.25. The predicted molar refractivity (Wildman–Crippen MR) is 215 cm³/mol. The Morgan fingerprint density at radius 2 is 0.723 bits per heavy atom. The minimum Gasteiger partial charge on any atom is -0.0599 e. The lowest BCUT2D eigenvalue weighted by Crippen LogP contribution is -2.16. The van der Waals surface area contributed by atoms with E-state index in [0.29, 0.717) is 10.8 Å². The van der Waals surface area contributed by atoms with E-state index in [-0.39, 0.29) is 21.7 Å². The molecular weight excluding hydrogens is 565 g/mol. The maximum absolute atomic E-state index is 2.35. The first-order chi connectivity index (χ1) is 20.8. The van der Waals surface area contributed by atoms with Crippen LogP contribution in [0.1, 0.15) is 175 Å². The van der Waals surface area contributed by atoms with Crippen LogP contribution >= 0.6 is 0 Å². The summed E-state index contributed by atoms with van der Waals surface area (Å²) in [6.45, 7) is 47.7. The van der Waals surface area contributed by atoms with Crippen molar-refractivity contribution in [3.8, 4) is 0 Å². The molecule has 3 aromatic carbocycles. The van der Waals surface area contributed by atoms with Gasteiger partial charge in [-0.15, -0.1) is 0 Å². The number of hydrogen-bond donors (Lipinski definition) is 0. The highest BCUT2D eigenvalue weighted by atomic mass is 14.3. The van der Waals surface area contributed by atoms with Gasteiger partial charge in [-0.05, 0) is 116 Å². The van der Waals surface area contributed by atoms with E-state index in [0.717, 1.165) is 12.8 Å². The summed E-state index contributed by atoms with van der Waals surface area (Å²) < 4.78 is 0. The van der Waals surface area contributed by atoms with Gasteiger partial charge in [-0.25, -0.2) is 0 Å². The Morgan fingerprint density at radius 3 is 1.04 bits per heavy atom. The molecule has 0 radical (unpaired) electrons. The summed E-state index contributed by atoms with van der Waals surface area (Å²) in [5, 5.41) is 0. The van der Waals surface area contributed by atoms with Gasteiger partial charge in [-0.1, -0.05) is 179 Å². The van der Waals surface area contributed by atoms with Crippen LogP contribution in [-0.2, 0) is 34.5 Å². The smallest absolute Gasteiger partial charge is 0.0129 e. The molecule has 0 aliphatic rings. The van der Waals surface area contributed by atoms with Gasteiger partial charge in [-0.2, -0.15) is 0 Å². The Kier molecular flexibility index (Phi) is 14.1. The van der Waals surface area contributed by atoms with Gasteiger partial charge in [0.15, 0.2) is 0 Å². The SMILES string of the molecule is Cc1cc(C(C)(C)C)ccc1C(C)(C)C.Cc1cc(C(C)(C)C)ccc1CC(C)(C)C.Cc1cc(CC(C)(C)C)ccc1C(C)(C)C. The number of rotatable bonds is 2. The molecule has 3 aromatic rings. The van der Waals surface area contributed by atoms with Crippen molar-refractivity contribution in [3.63, 3.8) is 0 Å². The molecule has 0 bridgehead atoms. The van der Waals surface area contributed by atoms with Crippen molar-refractivity contribution in [2.24, 2.45) is 10.8 Å². The van der Waals surface area contributed by atoms with E-state index in [1.807, 2.05) is 0 Å². The van der Waals surface area contributed by atoms with Crippen LogP contribution in [0.4, 0.5) is 0 Å². The zero-order valence-corrected chi connectivity index (χ0v) is 35.1. The second kappa shape index (κ2) is 15.5. The first-order valence-electron chi connectivity index (χ1n) is 18.1. The molecule has 0 atom stereocenters. The average molecular weight is 641 g/mol. The van der Waals surface area contributed by atoms with Gasteiger partial charge in [0.1, 0.15) is 0 Å². The first-order valence-corrected chi connectivity index (χ1v) is 18.1. The highest BCUT2D eigenvalue weighted by Crippen LogP contribution is 2.31. The highest BCUT2D eigenvalue weighted by molar-refractivity contribution is 5.38. The molecule has 0 aliphatic carbocycles. The topological polar surface area (TPSA) is 0 Å².